The number of benzene rings is 1. The molecule has 0 saturated heterocycles. The molecule has 1 aromatic heterocycles. The number of nitrogens with one attached hydrogen (secondary N) is 1. The molecule has 104 valence electrons. The van der Waals surface area contributed by atoms with Crippen LogP contribution in [0.4, 0.5) is 0 Å². The van der Waals surface area contributed by atoms with E-state index in [0.29, 0.717) is 6.79 Å². The van der Waals surface area contributed by atoms with Gasteiger partial charge in [-0.1, -0.05) is 12.6 Å². The Kier molecular flexibility index (Phi) is 3.43. The van der Waals surface area contributed by atoms with Gasteiger partial charge in [0.25, 0.3) is 0 Å². The lowest BCUT2D eigenvalue weighted by Crippen LogP contribution is -2.17. The Balaban J connectivity index is 1.64. The van der Waals surface area contributed by atoms with Crippen LogP contribution in [0, 0.1) is 0 Å². The van der Waals surface area contributed by atoms with Gasteiger partial charge in [-0.15, -0.1) is 0 Å². The molecule has 1 aliphatic heterocycles. The van der Waals surface area contributed by atoms with E-state index in [1.54, 1.807) is 10.9 Å². The van der Waals surface area contributed by atoms with Gasteiger partial charge in [0, 0.05) is 30.5 Å². The number of ether oxygens (including phenoxy) is 2. The third-order valence-electron chi connectivity index (χ3n) is 3.35. The molecule has 0 spiro atoms. The molecule has 1 aliphatic rings. The first-order valence-corrected chi connectivity index (χ1v) is 6.55. The van der Waals surface area contributed by atoms with Crippen molar-refractivity contribution < 1.29 is 9.47 Å². The first-order valence-electron chi connectivity index (χ1n) is 6.55. The van der Waals surface area contributed by atoms with Crippen LogP contribution in [0.25, 0.3) is 6.20 Å². The Labute approximate surface area is 117 Å². The zero-order valence-corrected chi connectivity index (χ0v) is 11.4. The third kappa shape index (κ3) is 2.53. The minimum atomic E-state index is 0.219. The second kappa shape index (κ2) is 5.38. The van der Waals surface area contributed by atoms with E-state index in [-0.39, 0.29) is 6.04 Å². The lowest BCUT2D eigenvalue weighted by atomic mass is 10.1. The molecule has 2 heterocycles. The second-order valence-corrected chi connectivity index (χ2v) is 4.73. The van der Waals surface area contributed by atoms with Crippen LogP contribution in [-0.2, 0) is 6.54 Å². The number of hydrogen-bond acceptors (Lipinski definition) is 4. The Morgan fingerprint density at radius 1 is 1.45 bits per heavy atom. The summed E-state index contributed by atoms with van der Waals surface area (Å²) in [5.41, 5.74) is 2.29. The highest BCUT2D eigenvalue weighted by atomic mass is 16.7. The standard InChI is InChI=1S/C15H17N3O2/c1-3-18-9-12(8-17-18)7-16-11(2)13-4-5-14-15(6-13)20-10-19-14/h3-6,8-9,11,16H,1,7,10H2,2H3. The van der Waals surface area contributed by atoms with Gasteiger partial charge >= 0.3 is 0 Å². The maximum absolute atomic E-state index is 5.40. The van der Waals surface area contributed by atoms with Gasteiger partial charge in [0.15, 0.2) is 11.5 Å². The van der Waals surface area contributed by atoms with E-state index in [0.717, 1.165) is 23.6 Å². The predicted molar refractivity (Wildman–Crippen MR) is 76.4 cm³/mol. The highest BCUT2D eigenvalue weighted by molar-refractivity contribution is 5.45. The van der Waals surface area contributed by atoms with E-state index in [1.807, 2.05) is 24.5 Å². The van der Waals surface area contributed by atoms with Crippen LogP contribution < -0.4 is 14.8 Å². The van der Waals surface area contributed by atoms with E-state index in [1.165, 1.54) is 5.56 Å². The van der Waals surface area contributed by atoms with Gasteiger partial charge in [0.1, 0.15) is 0 Å². The van der Waals surface area contributed by atoms with Crippen molar-refractivity contribution in [2.75, 3.05) is 6.79 Å². The quantitative estimate of drug-likeness (QED) is 0.908. The van der Waals surface area contributed by atoms with Crippen LogP contribution >= 0.6 is 0 Å². The summed E-state index contributed by atoms with van der Waals surface area (Å²) in [6.07, 6.45) is 5.46. The molecule has 1 aromatic carbocycles. The lowest BCUT2D eigenvalue weighted by molar-refractivity contribution is 0.174. The Morgan fingerprint density at radius 2 is 2.30 bits per heavy atom. The van der Waals surface area contributed by atoms with Crippen LogP contribution in [-0.4, -0.2) is 16.6 Å². The van der Waals surface area contributed by atoms with Crippen molar-refractivity contribution in [3.05, 3.63) is 48.3 Å². The summed E-state index contributed by atoms with van der Waals surface area (Å²) in [6, 6.07) is 6.24. The number of nitrogens with zero attached hydrogens (tertiary/aromatic N) is 2. The van der Waals surface area contributed by atoms with E-state index >= 15 is 0 Å². The second-order valence-electron chi connectivity index (χ2n) is 4.73. The average Bonchev–Trinajstić information content (AvgIpc) is 3.12. The summed E-state index contributed by atoms with van der Waals surface area (Å²) < 4.78 is 12.4. The molecule has 20 heavy (non-hydrogen) atoms. The van der Waals surface area contributed by atoms with Crippen molar-refractivity contribution in [3.8, 4) is 11.5 Å². The zero-order chi connectivity index (χ0) is 13.9. The van der Waals surface area contributed by atoms with Gasteiger partial charge in [-0.3, -0.25) is 0 Å². The number of fused-ring (bicyclic) bond motifs is 1. The van der Waals surface area contributed by atoms with Crippen LogP contribution in [0.5, 0.6) is 11.5 Å². The summed E-state index contributed by atoms with van der Waals surface area (Å²) in [6.45, 7) is 6.86. The van der Waals surface area contributed by atoms with Gasteiger partial charge < -0.3 is 14.8 Å². The van der Waals surface area contributed by atoms with Crippen molar-refractivity contribution in [2.45, 2.75) is 19.5 Å². The molecular formula is C15H17N3O2. The van der Waals surface area contributed by atoms with E-state index in [2.05, 4.69) is 30.0 Å². The molecule has 0 saturated carbocycles. The topological polar surface area (TPSA) is 48.3 Å². The summed E-state index contributed by atoms with van der Waals surface area (Å²) in [4.78, 5) is 0. The van der Waals surface area contributed by atoms with Crippen LogP contribution in [0.1, 0.15) is 24.1 Å². The number of rotatable bonds is 5. The maximum atomic E-state index is 5.40. The molecule has 0 bridgehead atoms. The van der Waals surface area contributed by atoms with E-state index in [4.69, 9.17) is 9.47 Å². The molecule has 0 aliphatic carbocycles. The van der Waals surface area contributed by atoms with Crippen molar-refractivity contribution >= 4 is 6.20 Å². The minimum Gasteiger partial charge on any atom is -0.454 e. The average molecular weight is 271 g/mol. The Morgan fingerprint density at radius 3 is 3.10 bits per heavy atom. The fourth-order valence-corrected chi connectivity index (χ4v) is 2.14. The Hall–Kier alpha value is -2.27. The minimum absolute atomic E-state index is 0.219. The first-order chi connectivity index (χ1) is 9.76. The molecule has 1 N–H and O–H groups in total. The molecular weight excluding hydrogens is 254 g/mol. The van der Waals surface area contributed by atoms with Gasteiger partial charge in [-0.05, 0) is 24.6 Å². The van der Waals surface area contributed by atoms with Gasteiger partial charge in [0.2, 0.25) is 6.79 Å². The van der Waals surface area contributed by atoms with Crippen LogP contribution in [0.3, 0.4) is 0 Å². The smallest absolute Gasteiger partial charge is 0.231 e. The zero-order valence-electron chi connectivity index (χ0n) is 11.4. The monoisotopic (exact) mass is 271 g/mol. The molecule has 2 aromatic rings. The highest BCUT2D eigenvalue weighted by Crippen LogP contribution is 2.34. The molecule has 1 atom stereocenters. The van der Waals surface area contributed by atoms with Gasteiger partial charge in [-0.25, -0.2) is 4.68 Å². The van der Waals surface area contributed by atoms with Crippen molar-refractivity contribution in [1.82, 2.24) is 15.1 Å². The summed E-state index contributed by atoms with van der Waals surface area (Å²) in [5.74, 6) is 1.63. The summed E-state index contributed by atoms with van der Waals surface area (Å²) in [7, 11) is 0. The predicted octanol–water partition coefficient (Wildman–Crippen LogP) is 2.56. The SMILES string of the molecule is C=Cn1cc(CNC(C)c2ccc3c(c2)OCO3)cn1. The number of hydrogen-bond donors (Lipinski definition) is 1. The molecule has 5 nitrogen and oxygen atoms in total. The molecule has 0 amide bonds. The third-order valence-corrected chi connectivity index (χ3v) is 3.35. The van der Waals surface area contributed by atoms with Gasteiger partial charge in [0.05, 0.1) is 6.20 Å². The molecule has 0 fully saturated rings. The fourth-order valence-electron chi connectivity index (χ4n) is 2.14. The summed E-state index contributed by atoms with van der Waals surface area (Å²) in [5, 5.41) is 7.61. The van der Waals surface area contributed by atoms with Crippen molar-refractivity contribution in [2.24, 2.45) is 0 Å². The summed E-state index contributed by atoms with van der Waals surface area (Å²) >= 11 is 0. The first kappa shape index (κ1) is 12.7. The number of aromatic nitrogens is 2. The normalized spacial score (nSPS) is 14.2. The van der Waals surface area contributed by atoms with E-state index in [9.17, 15) is 0 Å². The van der Waals surface area contributed by atoms with Crippen molar-refractivity contribution in [3.63, 3.8) is 0 Å². The molecule has 0 radical (unpaired) electrons. The molecule has 3 rings (SSSR count). The van der Waals surface area contributed by atoms with E-state index < -0.39 is 0 Å². The highest BCUT2D eigenvalue weighted by Gasteiger charge is 2.15. The van der Waals surface area contributed by atoms with Crippen LogP contribution in [0.2, 0.25) is 0 Å². The van der Waals surface area contributed by atoms with Crippen LogP contribution in [0.15, 0.2) is 37.2 Å². The lowest BCUT2D eigenvalue weighted by Gasteiger charge is -2.14. The largest absolute Gasteiger partial charge is 0.454 e. The maximum Gasteiger partial charge on any atom is 0.231 e. The Bertz CT molecular complexity index is 621. The van der Waals surface area contributed by atoms with Crippen molar-refractivity contribution in [1.29, 1.82) is 0 Å². The van der Waals surface area contributed by atoms with Gasteiger partial charge in [-0.2, -0.15) is 5.10 Å². The molecule has 5 heteroatoms. The molecule has 1 unspecified atom stereocenters. The fraction of sp³-hybridized carbons (Fsp3) is 0.267.